The van der Waals surface area contributed by atoms with E-state index in [1.807, 2.05) is 18.7 Å². The summed E-state index contributed by atoms with van der Waals surface area (Å²) < 4.78 is 0. The average Bonchev–Trinajstić information content (AvgIpc) is 2.96. The maximum absolute atomic E-state index is 12.3. The van der Waals surface area contributed by atoms with Gasteiger partial charge in [0, 0.05) is 32.2 Å². The number of rotatable bonds is 5. The van der Waals surface area contributed by atoms with Gasteiger partial charge in [-0.05, 0) is 25.2 Å². The molecular formula is C17H34Cl2N4O2. The molecule has 1 saturated carbocycles. The summed E-state index contributed by atoms with van der Waals surface area (Å²) in [6.45, 7) is 7.45. The van der Waals surface area contributed by atoms with Crippen molar-refractivity contribution in [1.29, 1.82) is 0 Å². The Morgan fingerprint density at radius 1 is 1.04 bits per heavy atom. The predicted molar refractivity (Wildman–Crippen MR) is 105 cm³/mol. The molecule has 0 radical (unpaired) electrons. The standard InChI is InChI=1S/C17H32N4O2.2ClH/c1-13(2)16(18)17(23)19-12-15(22)21-9-5-8-20(10-11-21)14-6-3-4-7-14;;/h13-14,16H,3-12,18H2,1-2H3,(H,19,23);2*1H/t16-;;/m0../s1. The van der Waals surface area contributed by atoms with E-state index < -0.39 is 6.04 Å². The van der Waals surface area contributed by atoms with Gasteiger partial charge in [-0.25, -0.2) is 0 Å². The lowest BCUT2D eigenvalue weighted by Crippen LogP contribution is -2.48. The quantitative estimate of drug-likeness (QED) is 0.735. The molecule has 148 valence electrons. The van der Waals surface area contributed by atoms with Gasteiger partial charge < -0.3 is 16.0 Å². The number of amides is 2. The molecule has 1 heterocycles. The zero-order valence-corrected chi connectivity index (χ0v) is 17.0. The fourth-order valence-corrected chi connectivity index (χ4v) is 3.52. The average molecular weight is 397 g/mol. The fraction of sp³-hybridized carbons (Fsp3) is 0.882. The summed E-state index contributed by atoms with van der Waals surface area (Å²) in [7, 11) is 0. The Balaban J connectivity index is 0.00000288. The Kier molecular flexibility index (Phi) is 11.7. The number of hydrogen-bond acceptors (Lipinski definition) is 4. The summed E-state index contributed by atoms with van der Waals surface area (Å²) in [5.74, 6) is -0.165. The molecule has 2 aliphatic rings. The first kappa shape index (κ1) is 24.4. The zero-order valence-electron chi connectivity index (χ0n) is 15.4. The Bertz CT molecular complexity index is 417. The highest BCUT2D eigenvalue weighted by molar-refractivity contribution is 5.87. The van der Waals surface area contributed by atoms with Crippen molar-refractivity contribution >= 4 is 36.6 Å². The van der Waals surface area contributed by atoms with Crippen LogP contribution in [0, 0.1) is 5.92 Å². The Labute approximate surface area is 164 Å². The third-order valence-corrected chi connectivity index (χ3v) is 5.16. The van der Waals surface area contributed by atoms with E-state index in [2.05, 4.69) is 10.2 Å². The molecule has 0 aromatic heterocycles. The van der Waals surface area contributed by atoms with Gasteiger partial charge in [-0.3, -0.25) is 14.5 Å². The molecule has 1 saturated heterocycles. The van der Waals surface area contributed by atoms with Crippen molar-refractivity contribution in [2.45, 2.75) is 58.0 Å². The van der Waals surface area contributed by atoms with Crippen LogP contribution in [0.4, 0.5) is 0 Å². The van der Waals surface area contributed by atoms with Crippen LogP contribution in [0.1, 0.15) is 46.0 Å². The molecule has 2 fully saturated rings. The van der Waals surface area contributed by atoms with Gasteiger partial charge in [-0.2, -0.15) is 0 Å². The van der Waals surface area contributed by atoms with Crippen LogP contribution in [0.5, 0.6) is 0 Å². The summed E-state index contributed by atoms with van der Waals surface area (Å²) in [5, 5.41) is 2.68. The molecule has 1 aliphatic carbocycles. The molecule has 1 atom stereocenters. The summed E-state index contributed by atoms with van der Waals surface area (Å²) in [4.78, 5) is 28.6. The topological polar surface area (TPSA) is 78.7 Å². The van der Waals surface area contributed by atoms with Crippen molar-refractivity contribution in [2.75, 3.05) is 32.7 Å². The third kappa shape index (κ3) is 7.29. The highest BCUT2D eigenvalue weighted by Gasteiger charge is 2.26. The lowest BCUT2D eigenvalue weighted by molar-refractivity contribution is -0.133. The molecule has 8 heteroatoms. The van der Waals surface area contributed by atoms with Gasteiger partial charge in [-0.1, -0.05) is 26.7 Å². The van der Waals surface area contributed by atoms with Crippen molar-refractivity contribution in [1.82, 2.24) is 15.1 Å². The van der Waals surface area contributed by atoms with Crippen molar-refractivity contribution in [2.24, 2.45) is 11.7 Å². The first-order valence-corrected chi connectivity index (χ1v) is 9.04. The maximum Gasteiger partial charge on any atom is 0.242 e. The first-order chi connectivity index (χ1) is 11.0. The highest BCUT2D eigenvalue weighted by Crippen LogP contribution is 2.24. The molecule has 0 bridgehead atoms. The van der Waals surface area contributed by atoms with Crippen molar-refractivity contribution in [3.63, 3.8) is 0 Å². The molecular weight excluding hydrogens is 363 g/mol. The third-order valence-electron chi connectivity index (χ3n) is 5.16. The highest BCUT2D eigenvalue weighted by atomic mass is 35.5. The lowest BCUT2D eigenvalue weighted by atomic mass is 10.1. The summed E-state index contributed by atoms with van der Waals surface area (Å²) in [5.41, 5.74) is 5.79. The Hall–Kier alpha value is -0.560. The SMILES string of the molecule is CC(C)[C@H](N)C(=O)NCC(=O)N1CCCN(C2CCCC2)CC1.Cl.Cl. The van der Waals surface area contributed by atoms with Gasteiger partial charge in [0.15, 0.2) is 0 Å². The van der Waals surface area contributed by atoms with Crippen LogP contribution >= 0.6 is 24.8 Å². The van der Waals surface area contributed by atoms with Gasteiger partial charge >= 0.3 is 0 Å². The van der Waals surface area contributed by atoms with E-state index in [4.69, 9.17) is 5.73 Å². The van der Waals surface area contributed by atoms with Crippen LogP contribution in [-0.2, 0) is 9.59 Å². The Morgan fingerprint density at radius 2 is 1.68 bits per heavy atom. The molecule has 2 rings (SSSR count). The smallest absolute Gasteiger partial charge is 0.242 e. The summed E-state index contributed by atoms with van der Waals surface area (Å²) in [6, 6.07) is 0.165. The molecule has 2 amide bonds. The van der Waals surface area contributed by atoms with Gasteiger partial charge in [0.05, 0.1) is 12.6 Å². The fourth-order valence-electron chi connectivity index (χ4n) is 3.52. The van der Waals surface area contributed by atoms with Crippen LogP contribution < -0.4 is 11.1 Å². The van der Waals surface area contributed by atoms with E-state index in [1.165, 1.54) is 25.7 Å². The van der Waals surface area contributed by atoms with E-state index >= 15 is 0 Å². The van der Waals surface area contributed by atoms with E-state index in [0.29, 0.717) is 6.04 Å². The minimum Gasteiger partial charge on any atom is -0.346 e. The van der Waals surface area contributed by atoms with Crippen molar-refractivity contribution < 1.29 is 9.59 Å². The van der Waals surface area contributed by atoms with Crippen molar-refractivity contribution in [3.05, 3.63) is 0 Å². The van der Waals surface area contributed by atoms with E-state index in [1.54, 1.807) is 0 Å². The van der Waals surface area contributed by atoms with Gasteiger partial charge in [0.1, 0.15) is 0 Å². The monoisotopic (exact) mass is 396 g/mol. The zero-order chi connectivity index (χ0) is 16.8. The number of nitrogens with two attached hydrogens (primary N) is 1. The molecule has 0 aromatic carbocycles. The Morgan fingerprint density at radius 3 is 2.28 bits per heavy atom. The van der Waals surface area contributed by atoms with Crippen LogP contribution in [0.25, 0.3) is 0 Å². The molecule has 0 aromatic rings. The van der Waals surface area contributed by atoms with Crippen LogP contribution in [-0.4, -0.2) is 66.4 Å². The second kappa shape index (κ2) is 11.9. The molecule has 25 heavy (non-hydrogen) atoms. The second-order valence-corrected chi connectivity index (χ2v) is 7.20. The van der Waals surface area contributed by atoms with Crippen LogP contribution in [0.2, 0.25) is 0 Å². The van der Waals surface area contributed by atoms with E-state index in [9.17, 15) is 9.59 Å². The number of nitrogens with one attached hydrogen (secondary N) is 1. The van der Waals surface area contributed by atoms with E-state index in [0.717, 1.165) is 32.6 Å². The van der Waals surface area contributed by atoms with E-state index in [-0.39, 0.29) is 49.1 Å². The summed E-state index contributed by atoms with van der Waals surface area (Å²) >= 11 is 0. The summed E-state index contributed by atoms with van der Waals surface area (Å²) in [6.07, 6.45) is 6.30. The number of carbonyl (C=O) groups is 2. The molecule has 1 aliphatic heterocycles. The molecule has 0 spiro atoms. The van der Waals surface area contributed by atoms with Crippen LogP contribution in [0.3, 0.4) is 0 Å². The molecule has 0 unspecified atom stereocenters. The maximum atomic E-state index is 12.3. The first-order valence-electron chi connectivity index (χ1n) is 9.04. The minimum atomic E-state index is -0.551. The normalized spacial score (nSPS) is 20.4. The molecule has 6 nitrogen and oxygen atoms in total. The number of carbonyl (C=O) groups excluding carboxylic acids is 2. The largest absolute Gasteiger partial charge is 0.346 e. The lowest BCUT2D eigenvalue weighted by Gasteiger charge is -2.27. The number of nitrogens with zero attached hydrogens (tertiary/aromatic N) is 2. The number of halogens is 2. The van der Waals surface area contributed by atoms with Gasteiger partial charge in [0.2, 0.25) is 11.8 Å². The van der Waals surface area contributed by atoms with Gasteiger partial charge in [-0.15, -0.1) is 24.8 Å². The second-order valence-electron chi connectivity index (χ2n) is 7.20. The number of hydrogen-bond donors (Lipinski definition) is 2. The van der Waals surface area contributed by atoms with Gasteiger partial charge in [0.25, 0.3) is 0 Å². The minimum absolute atomic E-state index is 0. The van der Waals surface area contributed by atoms with Crippen LogP contribution in [0.15, 0.2) is 0 Å². The van der Waals surface area contributed by atoms with Crippen molar-refractivity contribution in [3.8, 4) is 0 Å². The molecule has 3 N–H and O–H groups in total. The predicted octanol–water partition coefficient (Wildman–Crippen LogP) is 1.41.